The highest BCUT2D eigenvalue weighted by molar-refractivity contribution is 5.75. The van der Waals surface area contributed by atoms with Gasteiger partial charge >= 0.3 is 0 Å². The van der Waals surface area contributed by atoms with Gasteiger partial charge in [-0.15, -0.1) is 5.11 Å². The number of rotatable bonds is 0. The lowest BCUT2D eigenvalue weighted by Gasteiger charge is -1.74. The summed E-state index contributed by atoms with van der Waals surface area (Å²) in [6.45, 7) is 0. The second kappa shape index (κ2) is 4.12. The topological polar surface area (TPSA) is 61.5 Å². The third-order valence-electron chi connectivity index (χ3n) is 0.410. The van der Waals surface area contributed by atoms with Crippen molar-refractivity contribution < 1.29 is 0 Å². The van der Waals surface area contributed by atoms with E-state index in [-0.39, 0.29) is 11.0 Å². The molecular formula is C2H7N5Si. The molecule has 0 amide bonds. The van der Waals surface area contributed by atoms with E-state index in [4.69, 9.17) is 0 Å². The third-order valence-corrected chi connectivity index (χ3v) is 0.410. The lowest BCUT2D eigenvalue weighted by Crippen LogP contribution is -1.86. The Hall–Kier alpha value is -1.04. The van der Waals surface area contributed by atoms with E-state index in [0.29, 0.717) is 0 Å². The van der Waals surface area contributed by atoms with Crippen LogP contribution in [0.25, 0.3) is 0 Å². The van der Waals surface area contributed by atoms with Gasteiger partial charge in [0.05, 0.1) is 6.20 Å². The first-order valence-electron chi connectivity index (χ1n) is 1.70. The molecule has 0 aliphatic carbocycles. The van der Waals surface area contributed by atoms with Crippen LogP contribution in [-0.2, 0) is 0 Å². The van der Waals surface area contributed by atoms with E-state index >= 15 is 0 Å². The Labute approximate surface area is 50.6 Å². The van der Waals surface area contributed by atoms with Gasteiger partial charge in [0, 0.05) is 6.20 Å². The van der Waals surface area contributed by atoms with E-state index in [2.05, 4.69) is 26.2 Å². The van der Waals surface area contributed by atoms with Gasteiger partial charge in [-0.2, -0.15) is 0 Å². The quantitative estimate of drug-likeness (QED) is 0.434. The highest BCUT2D eigenvalue weighted by Crippen LogP contribution is 1.83. The summed E-state index contributed by atoms with van der Waals surface area (Å²) in [6.07, 6.45) is 2.99. The normalized spacial score (nSPS) is 14.0. The second-order valence-electron chi connectivity index (χ2n) is 0.839. The first kappa shape index (κ1) is 6.96. The average molecular weight is 129 g/mol. The zero-order valence-corrected chi connectivity index (χ0v) is 3.44. The summed E-state index contributed by atoms with van der Waals surface area (Å²) in [5, 5.41) is 13.1. The molecule has 0 aromatic heterocycles. The number of nitrogens with one attached hydrogen (secondary N) is 1. The van der Waals surface area contributed by atoms with Crippen molar-refractivity contribution >= 4 is 11.0 Å². The van der Waals surface area contributed by atoms with Crippen molar-refractivity contribution in [2.24, 2.45) is 20.8 Å². The molecule has 0 aromatic carbocycles. The molecule has 0 radical (unpaired) electrons. The molecule has 44 valence electrons. The van der Waals surface area contributed by atoms with Crippen LogP contribution in [-0.4, -0.2) is 11.0 Å². The second-order valence-corrected chi connectivity index (χ2v) is 0.839. The van der Waals surface area contributed by atoms with Gasteiger partial charge in [-0.25, -0.2) is 0 Å². The molecule has 1 aliphatic rings. The van der Waals surface area contributed by atoms with Crippen molar-refractivity contribution in [3.8, 4) is 0 Å². The molecule has 0 saturated heterocycles. The van der Waals surface area contributed by atoms with Crippen LogP contribution in [0.3, 0.4) is 0 Å². The SMILES string of the molecule is C1=CNN=NN=N1.[SiH4]. The Morgan fingerprint density at radius 3 is 3.00 bits per heavy atom. The summed E-state index contributed by atoms with van der Waals surface area (Å²) in [6, 6.07) is 0. The van der Waals surface area contributed by atoms with Crippen LogP contribution in [0.1, 0.15) is 0 Å². The fourth-order valence-corrected chi connectivity index (χ4v) is 0.199. The van der Waals surface area contributed by atoms with Crippen molar-refractivity contribution in [1.29, 1.82) is 0 Å². The van der Waals surface area contributed by atoms with Crippen molar-refractivity contribution in [1.82, 2.24) is 5.43 Å². The zero-order chi connectivity index (χ0) is 4.95. The highest BCUT2D eigenvalue weighted by Gasteiger charge is 1.70. The first-order chi connectivity index (χ1) is 3.50. The molecule has 1 N–H and O–H groups in total. The van der Waals surface area contributed by atoms with Gasteiger partial charge in [0.2, 0.25) is 0 Å². The van der Waals surface area contributed by atoms with E-state index in [1.165, 1.54) is 12.4 Å². The van der Waals surface area contributed by atoms with Crippen LogP contribution in [0, 0.1) is 0 Å². The monoisotopic (exact) mass is 129 g/mol. The molecule has 1 rings (SSSR count). The summed E-state index contributed by atoms with van der Waals surface area (Å²) < 4.78 is 0. The summed E-state index contributed by atoms with van der Waals surface area (Å²) in [4.78, 5) is 0. The Kier molecular flexibility index (Phi) is 3.59. The van der Waals surface area contributed by atoms with Gasteiger partial charge in [-0.3, -0.25) is 5.43 Å². The van der Waals surface area contributed by atoms with Crippen LogP contribution in [0.2, 0.25) is 0 Å². The minimum atomic E-state index is 0. The van der Waals surface area contributed by atoms with E-state index in [0.717, 1.165) is 0 Å². The van der Waals surface area contributed by atoms with E-state index in [9.17, 15) is 0 Å². The van der Waals surface area contributed by atoms with Crippen LogP contribution < -0.4 is 5.43 Å². The molecule has 8 heavy (non-hydrogen) atoms. The highest BCUT2D eigenvalue weighted by atomic mass is 28.1. The largest absolute Gasteiger partial charge is 0.264 e. The fourth-order valence-electron chi connectivity index (χ4n) is 0.199. The van der Waals surface area contributed by atoms with Crippen LogP contribution >= 0.6 is 0 Å². The zero-order valence-electron chi connectivity index (χ0n) is 3.44. The summed E-state index contributed by atoms with van der Waals surface area (Å²) in [5.41, 5.74) is 2.44. The predicted molar refractivity (Wildman–Crippen MR) is 33.3 cm³/mol. The molecule has 1 heterocycles. The van der Waals surface area contributed by atoms with E-state index in [1.54, 1.807) is 0 Å². The molecule has 0 aromatic rings. The molecule has 0 atom stereocenters. The summed E-state index contributed by atoms with van der Waals surface area (Å²) in [7, 11) is 0. The third kappa shape index (κ3) is 2.19. The lowest BCUT2D eigenvalue weighted by molar-refractivity contribution is 0.818. The summed E-state index contributed by atoms with van der Waals surface area (Å²) in [5.74, 6) is 0. The standard InChI is InChI=1S/C2H3N5.H4Si/c1-2-4-6-7-5-3-1;/h1-2H,(H,3,4,7);1H4. The minimum Gasteiger partial charge on any atom is -0.264 e. The van der Waals surface area contributed by atoms with E-state index < -0.39 is 0 Å². The van der Waals surface area contributed by atoms with Gasteiger partial charge in [0.1, 0.15) is 0 Å². The van der Waals surface area contributed by atoms with Crippen molar-refractivity contribution in [2.45, 2.75) is 0 Å². The Balaban J connectivity index is 0.000000490. The maximum absolute atomic E-state index is 3.39. The fraction of sp³-hybridized carbons (Fsp3) is 0. The molecule has 6 heteroatoms. The molecule has 1 aliphatic heterocycles. The first-order valence-corrected chi connectivity index (χ1v) is 1.70. The van der Waals surface area contributed by atoms with Crippen molar-refractivity contribution in [3.05, 3.63) is 12.4 Å². The Morgan fingerprint density at radius 1 is 1.25 bits per heavy atom. The molecule has 0 bridgehead atoms. The lowest BCUT2D eigenvalue weighted by atomic mass is 10.9. The van der Waals surface area contributed by atoms with Crippen LogP contribution in [0.15, 0.2) is 33.2 Å². The predicted octanol–water partition coefficient (Wildman–Crippen LogP) is -0.656. The average Bonchev–Trinajstić information content (AvgIpc) is 1.90. The molecule has 0 spiro atoms. The Morgan fingerprint density at radius 2 is 2.12 bits per heavy atom. The number of hydrogen-bond donors (Lipinski definition) is 1. The van der Waals surface area contributed by atoms with Gasteiger partial charge in [0.15, 0.2) is 0 Å². The Bertz CT molecular complexity index is 112. The maximum atomic E-state index is 3.39. The van der Waals surface area contributed by atoms with Crippen molar-refractivity contribution in [3.63, 3.8) is 0 Å². The van der Waals surface area contributed by atoms with Crippen LogP contribution in [0.5, 0.6) is 0 Å². The molecule has 0 unspecified atom stereocenters. The summed E-state index contributed by atoms with van der Waals surface area (Å²) >= 11 is 0. The van der Waals surface area contributed by atoms with Gasteiger partial charge in [0.25, 0.3) is 0 Å². The number of nitrogens with zero attached hydrogens (tertiary/aromatic N) is 4. The number of hydrogen-bond acceptors (Lipinski definition) is 5. The maximum Gasteiger partial charge on any atom is 0.0691 e. The minimum absolute atomic E-state index is 0. The molecule has 0 saturated carbocycles. The van der Waals surface area contributed by atoms with Gasteiger partial charge < -0.3 is 0 Å². The molecule has 0 fully saturated rings. The van der Waals surface area contributed by atoms with Crippen LogP contribution in [0.4, 0.5) is 0 Å². The van der Waals surface area contributed by atoms with E-state index in [1.807, 2.05) is 0 Å². The smallest absolute Gasteiger partial charge is 0.0691 e. The van der Waals surface area contributed by atoms with Gasteiger partial charge in [-0.1, -0.05) is 0 Å². The van der Waals surface area contributed by atoms with Gasteiger partial charge in [-0.05, 0) is 26.6 Å². The molecular weight excluding hydrogens is 122 g/mol. The van der Waals surface area contributed by atoms with Crippen molar-refractivity contribution in [2.75, 3.05) is 0 Å². The molecule has 5 nitrogen and oxygen atoms in total.